The summed E-state index contributed by atoms with van der Waals surface area (Å²) in [6.45, 7) is 3.57. The lowest BCUT2D eigenvalue weighted by molar-refractivity contribution is -0.111. The van der Waals surface area contributed by atoms with Crippen LogP contribution in [0.3, 0.4) is 0 Å². The molecule has 24 heavy (non-hydrogen) atoms. The molecule has 0 bridgehead atoms. The predicted molar refractivity (Wildman–Crippen MR) is 95.5 cm³/mol. The Balaban J connectivity index is 2.01. The molecule has 2 aromatic rings. The van der Waals surface area contributed by atoms with Crippen molar-refractivity contribution in [1.82, 2.24) is 0 Å². The number of hydrogen-bond donors (Lipinski definition) is 2. The molecule has 124 valence electrons. The molecular weight excluding hydrogens is 304 g/mol. The Kier molecular flexibility index (Phi) is 5.73. The highest BCUT2D eigenvalue weighted by Crippen LogP contribution is 2.13. The molecule has 0 aromatic heterocycles. The van der Waals surface area contributed by atoms with E-state index in [0.29, 0.717) is 16.9 Å². The second kappa shape index (κ2) is 7.97. The summed E-state index contributed by atoms with van der Waals surface area (Å²) < 4.78 is 5.14. The number of carbonyl (C=O) groups excluding carboxylic acids is 2. The molecule has 5 nitrogen and oxygen atoms in total. The molecule has 0 saturated heterocycles. The molecule has 0 saturated carbocycles. The lowest BCUT2D eigenvalue weighted by Gasteiger charge is -2.09. The number of benzene rings is 2. The highest BCUT2D eigenvalue weighted by molar-refractivity contribution is 6.02. The van der Waals surface area contributed by atoms with E-state index in [1.807, 2.05) is 12.1 Å². The van der Waals surface area contributed by atoms with Gasteiger partial charge >= 0.3 is 5.97 Å². The first-order chi connectivity index (χ1) is 11.4. The van der Waals surface area contributed by atoms with E-state index in [9.17, 15) is 9.59 Å². The third kappa shape index (κ3) is 5.28. The second-order valence-electron chi connectivity index (χ2n) is 5.52. The number of carbonyl (C=O) groups is 2. The summed E-state index contributed by atoms with van der Waals surface area (Å²) in [5.74, 6) is -0.709. The number of ether oxygens (including phenoxy) is 1. The molecule has 2 rings (SSSR count). The summed E-state index contributed by atoms with van der Waals surface area (Å²) in [6, 6.07) is 13.8. The lowest BCUT2D eigenvalue weighted by Crippen LogP contribution is -2.13. The highest BCUT2D eigenvalue weighted by Gasteiger charge is 2.10. The van der Waals surface area contributed by atoms with E-state index in [1.165, 1.54) is 6.08 Å². The lowest BCUT2D eigenvalue weighted by atomic mass is 10.2. The van der Waals surface area contributed by atoms with Crippen molar-refractivity contribution < 1.29 is 14.3 Å². The zero-order chi connectivity index (χ0) is 17.5. The van der Waals surface area contributed by atoms with Gasteiger partial charge in [-0.1, -0.05) is 18.2 Å². The van der Waals surface area contributed by atoms with Crippen LogP contribution in [0.5, 0.6) is 0 Å². The van der Waals surface area contributed by atoms with Crippen LogP contribution in [0.2, 0.25) is 0 Å². The van der Waals surface area contributed by atoms with Crippen LogP contribution in [-0.2, 0) is 9.53 Å². The van der Waals surface area contributed by atoms with Crippen LogP contribution in [0, 0.1) is 0 Å². The number of hydrogen-bond acceptors (Lipinski definition) is 4. The average molecular weight is 324 g/mol. The van der Waals surface area contributed by atoms with Crippen LogP contribution in [0.15, 0.2) is 54.6 Å². The molecule has 0 radical (unpaired) electrons. The topological polar surface area (TPSA) is 81.4 Å². The van der Waals surface area contributed by atoms with Crippen molar-refractivity contribution in [3.05, 3.63) is 65.7 Å². The van der Waals surface area contributed by atoms with Crippen LogP contribution >= 0.6 is 0 Å². The second-order valence-corrected chi connectivity index (χ2v) is 5.52. The Bertz CT molecular complexity index is 749. The van der Waals surface area contributed by atoms with Crippen molar-refractivity contribution in [2.75, 3.05) is 11.1 Å². The first-order valence-electron chi connectivity index (χ1n) is 7.59. The number of nitrogens with two attached hydrogens (primary N) is 1. The molecule has 0 aliphatic carbocycles. The van der Waals surface area contributed by atoms with E-state index < -0.39 is 5.97 Å². The molecule has 0 unspecified atom stereocenters. The molecule has 1 amide bonds. The largest absolute Gasteiger partial charge is 0.459 e. The van der Waals surface area contributed by atoms with Gasteiger partial charge in [0.2, 0.25) is 5.91 Å². The average Bonchev–Trinajstić information content (AvgIpc) is 2.54. The van der Waals surface area contributed by atoms with Gasteiger partial charge in [0.1, 0.15) is 0 Å². The first-order valence-corrected chi connectivity index (χ1v) is 7.59. The quantitative estimate of drug-likeness (QED) is 0.501. The maximum Gasteiger partial charge on any atom is 0.338 e. The van der Waals surface area contributed by atoms with Gasteiger partial charge in [0, 0.05) is 17.5 Å². The number of nitrogen functional groups attached to an aromatic ring is 1. The van der Waals surface area contributed by atoms with Crippen LogP contribution in [0.25, 0.3) is 6.08 Å². The Morgan fingerprint density at radius 1 is 1.12 bits per heavy atom. The van der Waals surface area contributed by atoms with Gasteiger partial charge in [0.25, 0.3) is 0 Å². The Morgan fingerprint density at radius 3 is 2.50 bits per heavy atom. The molecule has 0 fully saturated rings. The molecule has 0 spiro atoms. The van der Waals surface area contributed by atoms with Crippen molar-refractivity contribution in [2.45, 2.75) is 20.0 Å². The summed E-state index contributed by atoms with van der Waals surface area (Å²) in [7, 11) is 0. The summed E-state index contributed by atoms with van der Waals surface area (Å²) in [5, 5.41) is 2.71. The first kappa shape index (κ1) is 17.3. The summed E-state index contributed by atoms with van der Waals surface area (Å²) in [6.07, 6.45) is 2.91. The molecule has 0 atom stereocenters. The highest BCUT2D eigenvalue weighted by atomic mass is 16.5. The standard InChI is InChI=1S/C19H20N2O3/c1-13(2)24-19(23)15-4-3-5-17(12-15)21-18(22)11-8-14-6-9-16(20)10-7-14/h3-13H,20H2,1-2H3,(H,21,22)/b11-8+. The van der Waals surface area contributed by atoms with E-state index in [0.717, 1.165) is 5.56 Å². The van der Waals surface area contributed by atoms with Gasteiger partial charge in [-0.05, 0) is 55.8 Å². The maximum absolute atomic E-state index is 12.0. The third-order valence-corrected chi connectivity index (χ3v) is 3.07. The van der Waals surface area contributed by atoms with Crippen LogP contribution in [0.1, 0.15) is 29.8 Å². The maximum atomic E-state index is 12.0. The van der Waals surface area contributed by atoms with Crippen LogP contribution < -0.4 is 11.1 Å². The SMILES string of the molecule is CC(C)OC(=O)c1cccc(NC(=O)/C=C/c2ccc(N)cc2)c1. The smallest absolute Gasteiger partial charge is 0.338 e. The molecule has 0 aliphatic rings. The van der Waals surface area contributed by atoms with Crippen molar-refractivity contribution in [1.29, 1.82) is 0 Å². The van der Waals surface area contributed by atoms with Crippen LogP contribution in [0.4, 0.5) is 11.4 Å². The summed E-state index contributed by atoms with van der Waals surface area (Å²) in [4.78, 5) is 23.8. The van der Waals surface area contributed by atoms with Gasteiger partial charge in [0.15, 0.2) is 0 Å². The van der Waals surface area contributed by atoms with Gasteiger partial charge in [0.05, 0.1) is 11.7 Å². The number of nitrogens with one attached hydrogen (secondary N) is 1. The molecule has 0 aliphatic heterocycles. The summed E-state index contributed by atoms with van der Waals surface area (Å²) >= 11 is 0. The Morgan fingerprint density at radius 2 is 1.83 bits per heavy atom. The number of anilines is 2. The van der Waals surface area contributed by atoms with Gasteiger partial charge in [-0.3, -0.25) is 4.79 Å². The van der Waals surface area contributed by atoms with Gasteiger partial charge in [-0.15, -0.1) is 0 Å². The van der Waals surface area contributed by atoms with E-state index in [1.54, 1.807) is 56.3 Å². The van der Waals surface area contributed by atoms with E-state index in [-0.39, 0.29) is 12.0 Å². The Hall–Kier alpha value is -3.08. The summed E-state index contributed by atoms with van der Waals surface area (Å²) in [5.41, 5.74) is 8.07. The van der Waals surface area contributed by atoms with Crippen molar-refractivity contribution >= 4 is 29.3 Å². The van der Waals surface area contributed by atoms with Crippen LogP contribution in [-0.4, -0.2) is 18.0 Å². The molecule has 3 N–H and O–H groups in total. The monoisotopic (exact) mass is 324 g/mol. The fourth-order valence-corrected chi connectivity index (χ4v) is 1.97. The van der Waals surface area contributed by atoms with E-state index in [4.69, 9.17) is 10.5 Å². The Labute approximate surface area is 141 Å². The fourth-order valence-electron chi connectivity index (χ4n) is 1.97. The van der Waals surface area contributed by atoms with E-state index >= 15 is 0 Å². The number of esters is 1. The predicted octanol–water partition coefficient (Wildman–Crippen LogP) is 3.49. The van der Waals surface area contributed by atoms with E-state index in [2.05, 4.69) is 5.32 Å². The molecular formula is C19H20N2O3. The fraction of sp³-hybridized carbons (Fsp3) is 0.158. The minimum atomic E-state index is -0.418. The molecule has 2 aromatic carbocycles. The normalized spacial score (nSPS) is 10.8. The molecule has 0 heterocycles. The number of amides is 1. The van der Waals surface area contributed by atoms with Crippen molar-refractivity contribution in [3.8, 4) is 0 Å². The minimum Gasteiger partial charge on any atom is -0.459 e. The van der Waals surface area contributed by atoms with Gasteiger partial charge in [-0.25, -0.2) is 4.79 Å². The van der Waals surface area contributed by atoms with Gasteiger partial charge < -0.3 is 15.8 Å². The van der Waals surface area contributed by atoms with Gasteiger partial charge in [-0.2, -0.15) is 0 Å². The number of rotatable bonds is 5. The minimum absolute atomic E-state index is 0.196. The zero-order valence-corrected chi connectivity index (χ0v) is 13.7. The molecule has 5 heteroatoms. The van der Waals surface area contributed by atoms with Crippen molar-refractivity contribution in [2.24, 2.45) is 0 Å². The van der Waals surface area contributed by atoms with Crippen molar-refractivity contribution in [3.63, 3.8) is 0 Å². The third-order valence-electron chi connectivity index (χ3n) is 3.07. The zero-order valence-electron chi connectivity index (χ0n) is 13.7.